The van der Waals surface area contributed by atoms with Crippen LogP contribution in [-0.4, -0.2) is 32.3 Å². The fourth-order valence-corrected chi connectivity index (χ4v) is 4.43. The Morgan fingerprint density at radius 2 is 1.75 bits per heavy atom. The standard InChI is InChI=1S/C23H26BrN5O2S/c1-14(2)16-9-6-8-12-19(16)26-20(30)13-32-23-28-27-21(29(23)4)15(3)25-22(31)17-10-5-7-11-18(17)24/h5-12,14-15H,13H2,1-4H3,(H,25,31)(H,26,30)/t15-/m1/s1. The lowest BCUT2D eigenvalue weighted by Crippen LogP contribution is -2.28. The van der Waals surface area contributed by atoms with E-state index in [4.69, 9.17) is 0 Å². The summed E-state index contributed by atoms with van der Waals surface area (Å²) in [6.07, 6.45) is 0. The molecule has 0 aliphatic carbocycles. The first-order valence-corrected chi connectivity index (χ1v) is 12.0. The van der Waals surface area contributed by atoms with Gasteiger partial charge in [0.25, 0.3) is 5.91 Å². The van der Waals surface area contributed by atoms with Gasteiger partial charge in [-0.1, -0.05) is 55.9 Å². The monoisotopic (exact) mass is 515 g/mol. The molecule has 2 amide bonds. The summed E-state index contributed by atoms with van der Waals surface area (Å²) >= 11 is 4.70. The Morgan fingerprint density at radius 1 is 1.06 bits per heavy atom. The van der Waals surface area contributed by atoms with Crippen molar-refractivity contribution in [1.82, 2.24) is 20.1 Å². The summed E-state index contributed by atoms with van der Waals surface area (Å²) in [5.41, 5.74) is 2.48. The topological polar surface area (TPSA) is 88.9 Å². The lowest BCUT2D eigenvalue weighted by molar-refractivity contribution is -0.113. The zero-order chi connectivity index (χ0) is 23.3. The van der Waals surface area contributed by atoms with Crippen LogP contribution in [0.15, 0.2) is 58.2 Å². The number of nitrogens with one attached hydrogen (secondary N) is 2. The zero-order valence-corrected chi connectivity index (χ0v) is 20.8. The van der Waals surface area contributed by atoms with Gasteiger partial charge in [-0.3, -0.25) is 9.59 Å². The average molecular weight is 516 g/mol. The molecule has 7 nitrogen and oxygen atoms in total. The van der Waals surface area contributed by atoms with Crippen molar-refractivity contribution in [2.24, 2.45) is 7.05 Å². The van der Waals surface area contributed by atoms with Gasteiger partial charge in [-0.15, -0.1) is 10.2 Å². The van der Waals surface area contributed by atoms with Gasteiger partial charge in [0.05, 0.1) is 17.4 Å². The Hall–Kier alpha value is -2.65. The number of nitrogens with zero attached hydrogens (tertiary/aromatic N) is 3. The molecule has 2 aromatic carbocycles. The fraction of sp³-hybridized carbons (Fsp3) is 0.304. The lowest BCUT2D eigenvalue weighted by Gasteiger charge is -2.14. The van der Waals surface area contributed by atoms with Gasteiger partial charge in [0, 0.05) is 17.2 Å². The first-order valence-electron chi connectivity index (χ1n) is 10.2. The van der Waals surface area contributed by atoms with Crippen molar-refractivity contribution < 1.29 is 9.59 Å². The van der Waals surface area contributed by atoms with E-state index in [0.29, 0.717) is 22.5 Å². The second-order valence-corrected chi connectivity index (χ2v) is 9.45. The van der Waals surface area contributed by atoms with Crippen molar-refractivity contribution in [2.45, 2.75) is 37.9 Å². The molecular weight excluding hydrogens is 490 g/mol. The van der Waals surface area contributed by atoms with Crippen molar-refractivity contribution in [3.05, 3.63) is 70.0 Å². The normalized spacial score (nSPS) is 11.9. The van der Waals surface area contributed by atoms with Crippen LogP contribution in [0.3, 0.4) is 0 Å². The summed E-state index contributed by atoms with van der Waals surface area (Å²) in [4.78, 5) is 25.1. The van der Waals surface area contributed by atoms with Crippen LogP contribution < -0.4 is 10.6 Å². The molecule has 0 bridgehead atoms. The number of halogens is 1. The highest BCUT2D eigenvalue weighted by atomic mass is 79.9. The minimum absolute atomic E-state index is 0.108. The van der Waals surface area contributed by atoms with Crippen molar-refractivity contribution in [2.75, 3.05) is 11.1 Å². The van der Waals surface area contributed by atoms with Crippen LogP contribution in [0.25, 0.3) is 0 Å². The van der Waals surface area contributed by atoms with E-state index in [9.17, 15) is 9.59 Å². The summed E-state index contributed by atoms with van der Waals surface area (Å²) in [5, 5.41) is 14.9. The molecule has 1 heterocycles. The molecule has 0 aliphatic heterocycles. The molecule has 3 aromatic rings. The van der Waals surface area contributed by atoms with E-state index >= 15 is 0 Å². The quantitative estimate of drug-likeness (QED) is 0.415. The Bertz CT molecular complexity index is 1120. The van der Waals surface area contributed by atoms with Crippen LogP contribution in [0, 0.1) is 0 Å². The van der Waals surface area contributed by atoms with Gasteiger partial charge in [-0.05, 0) is 52.5 Å². The minimum atomic E-state index is -0.354. The highest BCUT2D eigenvalue weighted by molar-refractivity contribution is 9.10. The third kappa shape index (κ3) is 5.77. The summed E-state index contributed by atoms with van der Waals surface area (Å²) < 4.78 is 2.52. The van der Waals surface area contributed by atoms with E-state index in [1.165, 1.54) is 11.8 Å². The number of benzene rings is 2. The molecule has 0 spiro atoms. The van der Waals surface area contributed by atoms with Gasteiger partial charge in [-0.2, -0.15) is 0 Å². The number of amides is 2. The molecule has 0 radical (unpaired) electrons. The van der Waals surface area contributed by atoms with Crippen molar-refractivity contribution >= 4 is 45.2 Å². The number of para-hydroxylation sites is 1. The van der Waals surface area contributed by atoms with E-state index in [-0.39, 0.29) is 23.6 Å². The number of anilines is 1. The molecule has 2 N–H and O–H groups in total. The number of carbonyl (C=O) groups excluding carboxylic acids is 2. The molecule has 3 rings (SSSR count). The van der Waals surface area contributed by atoms with Gasteiger partial charge < -0.3 is 15.2 Å². The maximum Gasteiger partial charge on any atom is 0.253 e. The molecule has 0 unspecified atom stereocenters. The third-order valence-electron chi connectivity index (χ3n) is 4.91. The van der Waals surface area contributed by atoms with Crippen LogP contribution in [0.1, 0.15) is 54.5 Å². The molecule has 0 saturated carbocycles. The second kappa shape index (κ2) is 10.8. The number of aromatic nitrogens is 3. The number of hydrogen-bond acceptors (Lipinski definition) is 5. The second-order valence-electron chi connectivity index (χ2n) is 7.65. The first-order chi connectivity index (χ1) is 15.3. The Labute approximate surface area is 200 Å². The summed E-state index contributed by atoms with van der Waals surface area (Å²) in [5.74, 6) is 0.816. The molecule has 9 heteroatoms. The van der Waals surface area contributed by atoms with Gasteiger partial charge in [0.1, 0.15) is 0 Å². The summed E-state index contributed by atoms with van der Waals surface area (Å²) in [6.45, 7) is 6.04. The SMILES string of the molecule is CC(C)c1ccccc1NC(=O)CSc1nnc([C@@H](C)NC(=O)c2ccccc2Br)n1C. The van der Waals surface area contributed by atoms with Gasteiger partial charge >= 0.3 is 0 Å². The maximum atomic E-state index is 12.6. The Morgan fingerprint density at radius 3 is 2.47 bits per heavy atom. The van der Waals surface area contributed by atoms with Crippen LogP contribution in [-0.2, 0) is 11.8 Å². The molecule has 168 valence electrons. The smallest absolute Gasteiger partial charge is 0.253 e. The largest absolute Gasteiger partial charge is 0.342 e. The van der Waals surface area contributed by atoms with E-state index in [0.717, 1.165) is 15.7 Å². The average Bonchev–Trinajstić information content (AvgIpc) is 3.13. The molecule has 32 heavy (non-hydrogen) atoms. The lowest BCUT2D eigenvalue weighted by atomic mass is 10.0. The number of thioether (sulfide) groups is 1. The number of rotatable bonds is 8. The van der Waals surface area contributed by atoms with E-state index in [2.05, 4.69) is 50.6 Å². The fourth-order valence-electron chi connectivity index (χ4n) is 3.24. The highest BCUT2D eigenvalue weighted by Gasteiger charge is 2.20. The van der Waals surface area contributed by atoms with E-state index < -0.39 is 0 Å². The Kier molecular flexibility index (Phi) is 8.09. The molecule has 0 aliphatic rings. The molecule has 0 saturated heterocycles. The predicted molar refractivity (Wildman–Crippen MR) is 131 cm³/mol. The zero-order valence-electron chi connectivity index (χ0n) is 18.4. The molecule has 0 fully saturated rings. The van der Waals surface area contributed by atoms with Crippen LogP contribution in [0.4, 0.5) is 5.69 Å². The van der Waals surface area contributed by atoms with Crippen molar-refractivity contribution in [3.63, 3.8) is 0 Å². The van der Waals surface area contributed by atoms with Gasteiger partial charge in [0.15, 0.2) is 11.0 Å². The van der Waals surface area contributed by atoms with Crippen molar-refractivity contribution in [1.29, 1.82) is 0 Å². The Balaban J connectivity index is 1.60. The van der Waals surface area contributed by atoms with E-state index in [1.807, 2.05) is 56.4 Å². The molecule has 1 atom stereocenters. The maximum absolute atomic E-state index is 12.6. The number of carbonyl (C=O) groups is 2. The summed E-state index contributed by atoms with van der Waals surface area (Å²) in [7, 11) is 1.82. The minimum Gasteiger partial charge on any atom is -0.342 e. The molecular formula is C23H26BrN5O2S. The molecule has 1 aromatic heterocycles. The van der Waals surface area contributed by atoms with Crippen LogP contribution >= 0.6 is 27.7 Å². The third-order valence-corrected chi connectivity index (χ3v) is 6.62. The van der Waals surface area contributed by atoms with Crippen LogP contribution in [0.2, 0.25) is 0 Å². The number of hydrogen-bond donors (Lipinski definition) is 2. The highest BCUT2D eigenvalue weighted by Crippen LogP contribution is 2.25. The van der Waals surface area contributed by atoms with Gasteiger partial charge in [-0.25, -0.2) is 0 Å². The van der Waals surface area contributed by atoms with E-state index in [1.54, 1.807) is 10.6 Å². The van der Waals surface area contributed by atoms with Crippen LogP contribution in [0.5, 0.6) is 0 Å². The predicted octanol–water partition coefficient (Wildman–Crippen LogP) is 4.92. The van der Waals surface area contributed by atoms with Crippen molar-refractivity contribution in [3.8, 4) is 0 Å². The summed E-state index contributed by atoms with van der Waals surface area (Å²) in [6, 6.07) is 14.7. The van der Waals surface area contributed by atoms with Gasteiger partial charge in [0.2, 0.25) is 5.91 Å². The first kappa shape index (κ1) is 24.0.